The molecule has 2 heterocycles. The fourth-order valence-corrected chi connectivity index (χ4v) is 2.97. The van der Waals surface area contributed by atoms with Crippen molar-refractivity contribution >= 4 is 28.2 Å². The Labute approximate surface area is 117 Å². The van der Waals surface area contributed by atoms with Gasteiger partial charge in [0.1, 0.15) is 10.7 Å². The Balaban J connectivity index is 2.19. The zero-order valence-corrected chi connectivity index (χ0v) is 12.4. The molecular weight excluding hydrogens is 262 g/mol. The zero-order chi connectivity index (χ0) is 14.2. The van der Waals surface area contributed by atoms with Gasteiger partial charge in [-0.1, -0.05) is 11.3 Å². The maximum absolute atomic E-state index is 12.3. The van der Waals surface area contributed by atoms with Crippen LogP contribution in [0.2, 0.25) is 0 Å². The van der Waals surface area contributed by atoms with Crippen molar-refractivity contribution in [3.05, 3.63) is 4.88 Å². The number of anilines is 2. The van der Waals surface area contributed by atoms with E-state index in [0.29, 0.717) is 10.7 Å². The molecule has 6 nitrogen and oxygen atoms in total. The summed E-state index contributed by atoms with van der Waals surface area (Å²) in [6.45, 7) is 5.59. The van der Waals surface area contributed by atoms with Crippen LogP contribution in [0.1, 0.15) is 29.9 Å². The molecule has 0 radical (unpaired) electrons. The van der Waals surface area contributed by atoms with E-state index in [4.69, 9.17) is 11.5 Å². The number of carbonyl (C=O) groups excluding carboxylic acids is 1. The molecule has 7 heteroatoms. The molecule has 4 N–H and O–H groups in total. The first-order chi connectivity index (χ1) is 8.90. The molecular formula is C12H21N5OS. The number of nitrogen functional groups attached to an aromatic ring is 1. The zero-order valence-electron chi connectivity index (χ0n) is 11.6. The molecule has 106 valence electrons. The van der Waals surface area contributed by atoms with Crippen molar-refractivity contribution in [3.63, 3.8) is 0 Å². The lowest BCUT2D eigenvalue weighted by atomic mass is 10.3. The second-order valence-corrected chi connectivity index (χ2v) is 6.19. The standard InChI is InChI=1S/C12H21N5OS/c1-7(2)16(3)11(18)9-10(14)15-12(19-9)17-5-4-8(13)6-17/h7-8H,4-6,13-14H2,1-3H3. The van der Waals surface area contributed by atoms with E-state index >= 15 is 0 Å². The fraction of sp³-hybridized carbons (Fsp3) is 0.667. The van der Waals surface area contributed by atoms with Crippen LogP contribution in [0, 0.1) is 0 Å². The van der Waals surface area contributed by atoms with Crippen LogP contribution in [0.25, 0.3) is 0 Å². The Morgan fingerprint density at radius 3 is 2.79 bits per heavy atom. The third-order valence-electron chi connectivity index (χ3n) is 3.43. The van der Waals surface area contributed by atoms with Crippen molar-refractivity contribution < 1.29 is 4.79 Å². The Hall–Kier alpha value is -1.34. The maximum Gasteiger partial charge on any atom is 0.267 e. The summed E-state index contributed by atoms with van der Waals surface area (Å²) in [7, 11) is 1.78. The third kappa shape index (κ3) is 2.82. The van der Waals surface area contributed by atoms with Crippen LogP contribution < -0.4 is 16.4 Å². The average Bonchev–Trinajstić information content (AvgIpc) is 2.93. The number of thiazole rings is 1. The summed E-state index contributed by atoms with van der Waals surface area (Å²) in [6.07, 6.45) is 0.953. The van der Waals surface area contributed by atoms with Crippen LogP contribution in [0.15, 0.2) is 0 Å². The number of hydrogen-bond donors (Lipinski definition) is 2. The molecule has 0 bridgehead atoms. The highest BCUT2D eigenvalue weighted by Crippen LogP contribution is 2.31. The van der Waals surface area contributed by atoms with Gasteiger partial charge >= 0.3 is 0 Å². The summed E-state index contributed by atoms with van der Waals surface area (Å²) in [5.74, 6) is 0.248. The van der Waals surface area contributed by atoms with Crippen LogP contribution in [0.3, 0.4) is 0 Å². The predicted octanol–water partition coefficient (Wildman–Crippen LogP) is 0.743. The van der Waals surface area contributed by atoms with E-state index in [2.05, 4.69) is 9.88 Å². The van der Waals surface area contributed by atoms with Crippen LogP contribution in [-0.4, -0.2) is 48.0 Å². The lowest BCUT2D eigenvalue weighted by molar-refractivity contribution is 0.0760. The highest BCUT2D eigenvalue weighted by atomic mass is 32.1. The van der Waals surface area contributed by atoms with Crippen molar-refractivity contribution in [3.8, 4) is 0 Å². The van der Waals surface area contributed by atoms with E-state index in [1.807, 2.05) is 13.8 Å². The van der Waals surface area contributed by atoms with Gasteiger partial charge in [0.2, 0.25) is 0 Å². The third-order valence-corrected chi connectivity index (χ3v) is 4.55. The molecule has 1 saturated heterocycles. The number of carbonyl (C=O) groups is 1. The van der Waals surface area contributed by atoms with E-state index in [-0.39, 0.29) is 18.0 Å². The van der Waals surface area contributed by atoms with Crippen LogP contribution in [0.5, 0.6) is 0 Å². The van der Waals surface area contributed by atoms with Crippen LogP contribution >= 0.6 is 11.3 Å². The number of rotatable bonds is 3. The first kappa shape index (κ1) is 14.1. The highest BCUT2D eigenvalue weighted by Gasteiger charge is 2.26. The van der Waals surface area contributed by atoms with Gasteiger partial charge in [0.25, 0.3) is 5.91 Å². The minimum absolute atomic E-state index is 0.0697. The SMILES string of the molecule is CC(C)N(C)C(=O)c1sc(N2CCC(N)C2)nc1N. The summed E-state index contributed by atoms with van der Waals surface area (Å²) < 4.78 is 0. The molecule has 0 aromatic carbocycles. The van der Waals surface area contributed by atoms with Gasteiger partial charge < -0.3 is 21.3 Å². The molecule has 1 fully saturated rings. The molecule has 1 atom stereocenters. The van der Waals surface area contributed by atoms with Gasteiger partial charge in [0.15, 0.2) is 5.13 Å². The lowest BCUT2D eigenvalue weighted by Crippen LogP contribution is -2.32. The molecule has 1 aromatic rings. The van der Waals surface area contributed by atoms with Crippen molar-refractivity contribution in [2.24, 2.45) is 5.73 Å². The Morgan fingerprint density at radius 2 is 2.26 bits per heavy atom. The minimum atomic E-state index is -0.0697. The van der Waals surface area contributed by atoms with Crippen molar-refractivity contribution in [2.45, 2.75) is 32.4 Å². The lowest BCUT2D eigenvalue weighted by Gasteiger charge is -2.20. The smallest absolute Gasteiger partial charge is 0.267 e. The number of aromatic nitrogens is 1. The second-order valence-electron chi connectivity index (χ2n) is 5.22. The Kier molecular flexibility index (Phi) is 3.96. The molecule has 19 heavy (non-hydrogen) atoms. The van der Waals surface area contributed by atoms with Gasteiger partial charge in [-0.25, -0.2) is 4.98 Å². The molecule has 0 saturated carbocycles. The topological polar surface area (TPSA) is 88.5 Å². The molecule has 1 aromatic heterocycles. The number of amides is 1. The van der Waals surface area contributed by atoms with Gasteiger partial charge in [-0.15, -0.1) is 0 Å². The van der Waals surface area contributed by atoms with Crippen LogP contribution in [0.4, 0.5) is 10.9 Å². The van der Waals surface area contributed by atoms with Crippen molar-refractivity contribution in [1.82, 2.24) is 9.88 Å². The fourth-order valence-electron chi connectivity index (χ4n) is 1.96. The van der Waals surface area contributed by atoms with Gasteiger partial charge in [0, 0.05) is 32.2 Å². The second kappa shape index (κ2) is 5.34. The first-order valence-corrected chi connectivity index (χ1v) is 7.25. The molecule has 1 aliphatic rings. The molecule has 1 unspecified atom stereocenters. The Morgan fingerprint density at radius 1 is 1.58 bits per heavy atom. The van der Waals surface area contributed by atoms with Gasteiger partial charge in [-0.3, -0.25) is 4.79 Å². The molecule has 1 amide bonds. The van der Waals surface area contributed by atoms with Crippen molar-refractivity contribution in [1.29, 1.82) is 0 Å². The molecule has 0 spiro atoms. The summed E-state index contributed by atoms with van der Waals surface area (Å²) >= 11 is 1.36. The number of hydrogen-bond acceptors (Lipinski definition) is 6. The number of nitrogens with two attached hydrogens (primary N) is 2. The first-order valence-electron chi connectivity index (χ1n) is 6.44. The largest absolute Gasteiger partial charge is 0.382 e. The minimum Gasteiger partial charge on any atom is -0.382 e. The summed E-state index contributed by atoms with van der Waals surface area (Å²) in [4.78, 5) is 20.9. The van der Waals surface area contributed by atoms with E-state index in [9.17, 15) is 4.79 Å². The molecule has 0 aliphatic carbocycles. The average molecular weight is 283 g/mol. The highest BCUT2D eigenvalue weighted by molar-refractivity contribution is 7.18. The van der Waals surface area contributed by atoms with Gasteiger partial charge in [-0.2, -0.15) is 0 Å². The van der Waals surface area contributed by atoms with E-state index in [0.717, 1.165) is 24.6 Å². The Bertz CT molecular complexity index is 473. The van der Waals surface area contributed by atoms with Gasteiger partial charge in [0.05, 0.1) is 0 Å². The summed E-state index contributed by atoms with van der Waals surface area (Å²) in [6, 6.07) is 0.320. The summed E-state index contributed by atoms with van der Waals surface area (Å²) in [5.41, 5.74) is 11.8. The monoisotopic (exact) mass is 283 g/mol. The van der Waals surface area contributed by atoms with E-state index in [1.54, 1.807) is 11.9 Å². The van der Waals surface area contributed by atoms with E-state index < -0.39 is 0 Å². The molecule has 1 aliphatic heterocycles. The van der Waals surface area contributed by atoms with Crippen molar-refractivity contribution in [2.75, 3.05) is 30.8 Å². The quantitative estimate of drug-likeness (QED) is 0.854. The predicted molar refractivity (Wildman–Crippen MR) is 78.6 cm³/mol. The van der Waals surface area contributed by atoms with Gasteiger partial charge in [-0.05, 0) is 20.3 Å². The van der Waals surface area contributed by atoms with E-state index in [1.165, 1.54) is 11.3 Å². The number of nitrogens with zero attached hydrogens (tertiary/aromatic N) is 3. The maximum atomic E-state index is 12.3. The molecule has 2 rings (SSSR count). The van der Waals surface area contributed by atoms with Crippen LogP contribution in [-0.2, 0) is 0 Å². The normalized spacial score (nSPS) is 19.2. The summed E-state index contributed by atoms with van der Waals surface area (Å²) in [5, 5.41) is 0.797.